The van der Waals surface area contributed by atoms with Crippen LogP contribution in [0.1, 0.15) is 18.0 Å². The molecule has 1 atom stereocenters. The monoisotopic (exact) mass is 341 g/mol. The summed E-state index contributed by atoms with van der Waals surface area (Å²) < 4.78 is 1.73. The van der Waals surface area contributed by atoms with Gasteiger partial charge in [-0.05, 0) is 41.0 Å². The van der Waals surface area contributed by atoms with Gasteiger partial charge in [0, 0.05) is 16.1 Å². The molecule has 1 aliphatic rings. The zero-order chi connectivity index (χ0) is 9.42. The lowest BCUT2D eigenvalue weighted by Crippen LogP contribution is -2.34. The fourth-order valence-electron chi connectivity index (χ4n) is 1.41. The van der Waals surface area contributed by atoms with Crippen LogP contribution < -0.4 is 5.32 Å². The Kier molecular flexibility index (Phi) is 4.25. The van der Waals surface area contributed by atoms with E-state index in [-0.39, 0.29) is 12.4 Å². The zero-order valence-corrected chi connectivity index (χ0v) is 11.2. The van der Waals surface area contributed by atoms with E-state index >= 15 is 0 Å². The molecule has 1 aromatic rings. The van der Waals surface area contributed by atoms with Crippen molar-refractivity contribution >= 4 is 44.3 Å². The molecular formula is C9H10Br2ClNO. The standard InChI is InChI=1S/C9H9Br2NO.ClH/c10-5-3-6(8-1-2-12-8)9(13)7(11)4-5;/h3-4,8,12-13H,1-2H2;1H/t8-;/m1./s1. The molecule has 1 aromatic carbocycles. The molecule has 0 saturated carbocycles. The highest BCUT2D eigenvalue weighted by Gasteiger charge is 2.22. The molecule has 0 radical (unpaired) electrons. The van der Waals surface area contributed by atoms with Gasteiger partial charge in [0.15, 0.2) is 0 Å². The molecule has 1 heterocycles. The highest BCUT2D eigenvalue weighted by Crippen LogP contribution is 2.37. The van der Waals surface area contributed by atoms with Crippen LogP contribution in [0.4, 0.5) is 0 Å². The van der Waals surface area contributed by atoms with Crippen molar-refractivity contribution in [3.63, 3.8) is 0 Å². The highest BCUT2D eigenvalue weighted by atomic mass is 79.9. The number of phenolic OH excluding ortho intramolecular Hbond substituents is 1. The van der Waals surface area contributed by atoms with Gasteiger partial charge in [0.1, 0.15) is 5.75 Å². The quantitative estimate of drug-likeness (QED) is 0.819. The third-order valence-electron chi connectivity index (χ3n) is 2.26. The first kappa shape index (κ1) is 12.3. The third kappa shape index (κ3) is 2.24. The van der Waals surface area contributed by atoms with Gasteiger partial charge < -0.3 is 10.4 Å². The summed E-state index contributed by atoms with van der Waals surface area (Å²) in [7, 11) is 0. The van der Waals surface area contributed by atoms with Crippen molar-refractivity contribution in [2.75, 3.05) is 6.54 Å². The number of hydrogen-bond donors (Lipinski definition) is 2. The lowest BCUT2D eigenvalue weighted by molar-refractivity contribution is 0.363. The van der Waals surface area contributed by atoms with Gasteiger partial charge in [0.25, 0.3) is 0 Å². The highest BCUT2D eigenvalue weighted by molar-refractivity contribution is 9.11. The zero-order valence-electron chi connectivity index (χ0n) is 7.26. The van der Waals surface area contributed by atoms with Crippen molar-refractivity contribution < 1.29 is 5.11 Å². The van der Waals surface area contributed by atoms with Crippen LogP contribution >= 0.6 is 44.3 Å². The Morgan fingerprint density at radius 2 is 2.00 bits per heavy atom. The summed E-state index contributed by atoms with van der Waals surface area (Å²) in [6.07, 6.45) is 1.09. The predicted molar refractivity (Wildman–Crippen MR) is 66.1 cm³/mol. The molecule has 0 amide bonds. The summed E-state index contributed by atoms with van der Waals surface area (Å²) in [5.74, 6) is 0.348. The number of aromatic hydroxyl groups is 1. The van der Waals surface area contributed by atoms with E-state index in [4.69, 9.17) is 0 Å². The number of phenols is 1. The third-order valence-corrected chi connectivity index (χ3v) is 3.32. The van der Waals surface area contributed by atoms with Gasteiger partial charge in [0.2, 0.25) is 0 Å². The van der Waals surface area contributed by atoms with Gasteiger partial charge in [-0.1, -0.05) is 15.9 Å². The number of halogens is 3. The van der Waals surface area contributed by atoms with Crippen molar-refractivity contribution in [3.05, 3.63) is 26.6 Å². The Morgan fingerprint density at radius 3 is 2.50 bits per heavy atom. The average molecular weight is 343 g/mol. The Balaban J connectivity index is 0.000000980. The number of nitrogens with one attached hydrogen (secondary N) is 1. The second kappa shape index (κ2) is 4.84. The topological polar surface area (TPSA) is 32.3 Å². The first-order chi connectivity index (χ1) is 6.18. The first-order valence-electron chi connectivity index (χ1n) is 4.10. The van der Waals surface area contributed by atoms with Crippen LogP contribution in [0.5, 0.6) is 5.75 Å². The Hall–Kier alpha value is 0.230. The molecular weight excluding hydrogens is 333 g/mol. The fourth-order valence-corrected chi connectivity index (χ4v) is 2.66. The van der Waals surface area contributed by atoms with E-state index in [2.05, 4.69) is 37.2 Å². The van der Waals surface area contributed by atoms with Crippen LogP contribution in [0.2, 0.25) is 0 Å². The van der Waals surface area contributed by atoms with Crippen LogP contribution in [0.25, 0.3) is 0 Å². The van der Waals surface area contributed by atoms with E-state index in [0.29, 0.717) is 11.8 Å². The van der Waals surface area contributed by atoms with E-state index in [1.165, 1.54) is 0 Å². The van der Waals surface area contributed by atoms with Gasteiger partial charge >= 0.3 is 0 Å². The van der Waals surface area contributed by atoms with Crippen LogP contribution in [0.3, 0.4) is 0 Å². The Morgan fingerprint density at radius 1 is 1.36 bits per heavy atom. The van der Waals surface area contributed by atoms with Crippen molar-refractivity contribution in [2.45, 2.75) is 12.5 Å². The molecule has 0 bridgehead atoms. The summed E-state index contributed by atoms with van der Waals surface area (Å²) in [6, 6.07) is 4.11. The Bertz CT molecular complexity index is 342. The number of hydrogen-bond acceptors (Lipinski definition) is 2. The minimum absolute atomic E-state index is 0. The largest absolute Gasteiger partial charge is 0.506 e. The summed E-state index contributed by atoms with van der Waals surface area (Å²) in [4.78, 5) is 0. The van der Waals surface area contributed by atoms with Gasteiger partial charge in [-0.3, -0.25) is 0 Å². The normalized spacial score (nSPS) is 19.7. The second-order valence-electron chi connectivity index (χ2n) is 3.12. The summed E-state index contributed by atoms with van der Waals surface area (Å²) in [5, 5.41) is 13.0. The van der Waals surface area contributed by atoms with Crippen LogP contribution in [-0.4, -0.2) is 11.7 Å². The predicted octanol–water partition coefficient (Wildman–Crippen LogP) is 3.37. The maximum Gasteiger partial charge on any atom is 0.134 e. The van der Waals surface area contributed by atoms with Gasteiger partial charge in [-0.25, -0.2) is 0 Å². The summed E-state index contributed by atoms with van der Waals surface area (Å²) in [5.41, 5.74) is 0.965. The van der Waals surface area contributed by atoms with Crippen LogP contribution in [-0.2, 0) is 0 Å². The molecule has 0 aromatic heterocycles. The van der Waals surface area contributed by atoms with Crippen molar-refractivity contribution in [3.8, 4) is 5.75 Å². The molecule has 1 fully saturated rings. The van der Waals surface area contributed by atoms with Crippen molar-refractivity contribution in [1.29, 1.82) is 0 Å². The molecule has 0 unspecified atom stereocenters. The van der Waals surface area contributed by atoms with Gasteiger partial charge in [-0.15, -0.1) is 12.4 Å². The molecule has 2 N–H and O–H groups in total. The molecule has 2 nitrogen and oxygen atoms in total. The van der Waals surface area contributed by atoms with Gasteiger partial charge in [0.05, 0.1) is 4.47 Å². The molecule has 0 aliphatic carbocycles. The van der Waals surface area contributed by atoms with E-state index in [1.807, 2.05) is 12.1 Å². The SMILES string of the molecule is Cl.Oc1c(Br)cc(Br)cc1[C@H]1CCN1. The second-order valence-corrected chi connectivity index (χ2v) is 4.89. The van der Waals surface area contributed by atoms with Crippen LogP contribution in [0, 0.1) is 0 Å². The minimum atomic E-state index is 0. The Labute approximate surface area is 106 Å². The number of rotatable bonds is 1. The first-order valence-corrected chi connectivity index (χ1v) is 5.68. The van der Waals surface area contributed by atoms with E-state index in [1.54, 1.807) is 0 Å². The molecule has 0 spiro atoms. The maximum atomic E-state index is 9.75. The molecule has 2 rings (SSSR count). The van der Waals surface area contributed by atoms with Crippen LogP contribution in [0.15, 0.2) is 21.1 Å². The maximum absolute atomic E-state index is 9.75. The minimum Gasteiger partial charge on any atom is -0.506 e. The summed E-state index contributed by atoms with van der Waals surface area (Å²) >= 11 is 6.71. The average Bonchev–Trinajstić information content (AvgIpc) is 1.95. The molecule has 78 valence electrons. The van der Waals surface area contributed by atoms with Crippen molar-refractivity contribution in [2.24, 2.45) is 0 Å². The van der Waals surface area contributed by atoms with E-state index < -0.39 is 0 Å². The molecule has 5 heteroatoms. The smallest absolute Gasteiger partial charge is 0.134 e. The van der Waals surface area contributed by atoms with E-state index in [0.717, 1.165) is 27.5 Å². The summed E-state index contributed by atoms with van der Waals surface area (Å²) in [6.45, 7) is 1.04. The fraction of sp³-hybridized carbons (Fsp3) is 0.333. The van der Waals surface area contributed by atoms with Gasteiger partial charge in [-0.2, -0.15) is 0 Å². The van der Waals surface area contributed by atoms with Crippen molar-refractivity contribution in [1.82, 2.24) is 5.32 Å². The number of benzene rings is 1. The molecule has 1 aliphatic heterocycles. The molecule has 14 heavy (non-hydrogen) atoms. The lowest BCUT2D eigenvalue weighted by atomic mass is 9.97. The molecule has 1 saturated heterocycles. The lowest BCUT2D eigenvalue weighted by Gasteiger charge is -2.29. The van der Waals surface area contributed by atoms with E-state index in [9.17, 15) is 5.11 Å².